The van der Waals surface area contributed by atoms with Crippen LogP contribution in [0, 0.1) is 5.82 Å². The molecule has 2 rings (SSSR count). The van der Waals surface area contributed by atoms with Crippen molar-refractivity contribution in [1.82, 2.24) is 10.2 Å². The molecule has 0 spiro atoms. The Morgan fingerprint density at radius 2 is 2.28 bits per heavy atom. The maximum atomic E-state index is 13.3. The maximum absolute atomic E-state index is 13.3. The second-order valence-electron chi connectivity index (χ2n) is 4.85. The molecule has 0 aliphatic carbocycles. The van der Waals surface area contributed by atoms with Gasteiger partial charge in [0.15, 0.2) is 0 Å². The van der Waals surface area contributed by atoms with Crippen molar-refractivity contribution in [2.45, 2.75) is 32.4 Å². The number of benzene rings is 1. The van der Waals surface area contributed by atoms with Crippen molar-refractivity contribution < 1.29 is 4.39 Å². The zero-order chi connectivity index (χ0) is 13.0. The van der Waals surface area contributed by atoms with Crippen molar-refractivity contribution in [3.8, 4) is 0 Å². The fourth-order valence-electron chi connectivity index (χ4n) is 2.58. The van der Waals surface area contributed by atoms with Crippen molar-refractivity contribution in [2.75, 3.05) is 19.6 Å². The summed E-state index contributed by atoms with van der Waals surface area (Å²) in [7, 11) is 0. The van der Waals surface area contributed by atoms with Gasteiger partial charge in [0.05, 0.1) is 0 Å². The van der Waals surface area contributed by atoms with Crippen LogP contribution in [-0.4, -0.2) is 30.6 Å². The normalized spacial score (nSPS) is 20.5. The molecule has 1 N–H and O–H groups in total. The summed E-state index contributed by atoms with van der Waals surface area (Å²) >= 11 is 3.35. The summed E-state index contributed by atoms with van der Waals surface area (Å²) in [5, 5.41) is 3.40. The summed E-state index contributed by atoms with van der Waals surface area (Å²) in [5.74, 6) is -0.165. The first kappa shape index (κ1) is 14.0. The number of rotatable bonds is 5. The third-order valence-corrected chi connectivity index (χ3v) is 3.89. The van der Waals surface area contributed by atoms with Gasteiger partial charge < -0.3 is 5.32 Å². The minimum Gasteiger partial charge on any atom is -0.315 e. The maximum Gasteiger partial charge on any atom is 0.124 e. The molecule has 1 atom stereocenters. The minimum absolute atomic E-state index is 0.165. The molecule has 1 aromatic rings. The Balaban J connectivity index is 1.98. The molecule has 0 bridgehead atoms. The van der Waals surface area contributed by atoms with Crippen LogP contribution < -0.4 is 5.32 Å². The second-order valence-corrected chi connectivity index (χ2v) is 5.77. The van der Waals surface area contributed by atoms with Gasteiger partial charge in [0.25, 0.3) is 0 Å². The lowest BCUT2D eigenvalue weighted by Gasteiger charge is -2.24. The molecule has 1 fully saturated rings. The molecule has 1 aliphatic heterocycles. The summed E-state index contributed by atoms with van der Waals surface area (Å²) in [5.41, 5.74) is 1.05. The minimum atomic E-state index is -0.165. The highest BCUT2D eigenvalue weighted by Gasteiger charge is 2.23. The predicted molar refractivity (Wildman–Crippen MR) is 76.1 cm³/mol. The summed E-state index contributed by atoms with van der Waals surface area (Å²) in [4.78, 5) is 2.45. The van der Waals surface area contributed by atoms with E-state index in [1.54, 1.807) is 6.07 Å². The van der Waals surface area contributed by atoms with E-state index in [9.17, 15) is 4.39 Å². The first-order valence-electron chi connectivity index (χ1n) is 6.58. The lowest BCUT2D eigenvalue weighted by Crippen LogP contribution is -2.37. The van der Waals surface area contributed by atoms with Crippen molar-refractivity contribution in [3.63, 3.8) is 0 Å². The van der Waals surface area contributed by atoms with Crippen LogP contribution in [0.25, 0.3) is 0 Å². The Morgan fingerprint density at radius 1 is 1.44 bits per heavy atom. The Morgan fingerprint density at radius 3 is 3.00 bits per heavy atom. The monoisotopic (exact) mass is 314 g/mol. The lowest BCUT2D eigenvalue weighted by atomic mass is 10.1. The molecule has 2 nitrogen and oxygen atoms in total. The number of halogens is 2. The molecule has 4 heteroatoms. The van der Waals surface area contributed by atoms with E-state index in [1.807, 2.05) is 6.07 Å². The number of likely N-dealkylation sites (tertiary alicyclic amines) is 1. The Hall–Kier alpha value is -0.450. The van der Waals surface area contributed by atoms with Crippen molar-refractivity contribution in [1.29, 1.82) is 0 Å². The highest BCUT2D eigenvalue weighted by molar-refractivity contribution is 9.10. The van der Waals surface area contributed by atoms with Crippen LogP contribution in [0.15, 0.2) is 22.7 Å². The molecule has 100 valence electrons. The molecular weight excluding hydrogens is 295 g/mol. The third kappa shape index (κ3) is 3.77. The van der Waals surface area contributed by atoms with Gasteiger partial charge in [-0.3, -0.25) is 4.90 Å². The van der Waals surface area contributed by atoms with Crippen LogP contribution in [0.4, 0.5) is 4.39 Å². The van der Waals surface area contributed by atoms with Crippen molar-refractivity contribution in [2.24, 2.45) is 0 Å². The quantitative estimate of drug-likeness (QED) is 0.898. The molecular formula is C14H20BrFN2. The number of hydrogen-bond acceptors (Lipinski definition) is 2. The number of likely N-dealkylation sites (N-methyl/N-ethyl adjacent to an activating group) is 1. The third-order valence-electron chi connectivity index (χ3n) is 3.44. The summed E-state index contributed by atoms with van der Waals surface area (Å²) < 4.78 is 14.2. The molecule has 1 aliphatic rings. The van der Waals surface area contributed by atoms with Crippen molar-refractivity contribution >= 4 is 15.9 Å². The summed E-state index contributed by atoms with van der Waals surface area (Å²) in [6.07, 6.45) is 2.48. The molecule has 1 unspecified atom stereocenters. The van der Waals surface area contributed by atoms with Gasteiger partial charge in [-0.1, -0.05) is 22.9 Å². The second kappa shape index (κ2) is 6.64. The average molecular weight is 315 g/mol. The van der Waals surface area contributed by atoms with E-state index in [4.69, 9.17) is 0 Å². The number of hydrogen-bond donors (Lipinski definition) is 1. The van der Waals surface area contributed by atoms with E-state index in [0.717, 1.165) is 36.2 Å². The molecule has 18 heavy (non-hydrogen) atoms. The van der Waals surface area contributed by atoms with Crippen molar-refractivity contribution in [3.05, 3.63) is 34.1 Å². The van der Waals surface area contributed by atoms with Crippen LogP contribution in [0.1, 0.15) is 25.3 Å². The number of nitrogens with one attached hydrogen (secondary N) is 1. The largest absolute Gasteiger partial charge is 0.315 e. The highest BCUT2D eigenvalue weighted by atomic mass is 79.9. The Labute approximate surface area is 117 Å². The molecule has 0 saturated carbocycles. The summed E-state index contributed by atoms with van der Waals surface area (Å²) in [6, 6.07) is 5.73. The molecule has 0 aromatic heterocycles. The first-order valence-corrected chi connectivity index (χ1v) is 7.38. The SMILES string of the molecule is CCNCC1CCCN1Cc1cc(F)cc(Br)c1. The van der Waals surface area contributed by atoms with E-state index in [0.29, 0.717) is 6.04 Å². The van der Waals surface area contributed by atoms with Gasteiger partial charge in [-0.25, -0.2) is 4.39 Å². The standard InChI is InChI=1S/C14H20BrFN2/c1-2-17-9-14-4-3-5-18(14)10-11-6-12(15)8-13(16)7-11/h6-8,14,17H,2-5,9-10H2,1H3. The average Bonchev–Trinajstić information content (AvgIpc) is 2.72. The molecule has 0 amide bonds. The highest BCUT2D eigenvalue weighted by Crippen LogP contribution is 2.22. The topological polar surface area (TPSA) is 15.3 Å². The van der Waals surface area contributed by atoms with Gasteiger partial charge >= 0.3 is 0 Å². The van der Waals surface area contributed by atoms with Gasteiger partial charge in [-0.05, 0) is 49.7 Å². The molecule has 1 saturated heterocycles. The smallest absolute Gasteiger partial charge is 0.124 e. The van der Waals surface area contributed by atoms with E-state index in [2.05, 4.69) is 33.1 Å². The van der Waals surface area contributed by atoms with E-state index in [1.165, 1.54) is 18.9 Å². The fraction of sp³-hybridized carbons (Fsp3) is 0.571. The van der Waals surface area contributed by atoms with Crippen LogP contribution in [0.2, 0.25) is 0 Å². The van der Waals surface area contributed by atoms with Gasteiger partial charge in [-0.15, -0.1) is 0 Å². The zero-order valence-electron chi connectivity index (χ0n) is 10.8. The van der Waals surface area contributed by atoms with Crippen LogP contribution >= 0.6 is 15.9 Å². The predicted octanol–water partition coefficient (Wildman–Crippen LogP) is 3.16. The van der Waals surface area contributed by atoms with Gasteiger partial charge in [-0.2, -0.15) is 0 Å². The molecule has 1 aromatic carbocycles. The van der Waals surface area contributed by atoms with Gasteiger partial charge in [0.1, 0.15) is 5.82 Å². The van der Waals surface area contributed by atoms with E-state index < -0.39 is 0 Å². The molecule has 1 heterocycles. The van der Waals surface area contributed by atoms with Crippen LogP contribution in [0.3, 0.4) is 0 Å². The lowest BCUT2D eigenvalue weighted by molar-refractivity contribution is 0.240. The first-order chi connectivity index (χ1) is 8.69. The van der Waals surface area contributed by atoms with Gasteiger partial charge in [0.2, 0.25) is 0 Å². The van der Waals surface area contributed by atoms with Gasteiger partial charge in [0, 0.05) is 23.6 Å². The van der Waals surface area contributed by atoms with Crippen LogP contribution in [0.5, 0.6) is 0 Å². The van der Waals surface area contributed by atoms with E-state index >= 15 is 0 Å². The zero-order valence-corrected chi connectivity index (χ0v) is 12.3. The van der Waals surface area contributed by atoms with E-state index in [-0.39, 0.29) is 5.82 Å². The number of nitrogens with zero attached hydrogens (tertiary/aromatic N) is 1. The molecule has 0 radical (unpaired) electrons. The fourth-order valence-corrected chi connectivity index (χ4v) is 3.09. The summed E-state index contributed by atoms with van der Waals surface area (Å²) in [6.45, 7) is 6.13. The van der Waals surface area contributed by atoms with Crippen LogP contribution in [-0.2, 0) is 6.54 Å². The Bertz CT molecular complexity index is 377. The Kier molecular flexibility index (Phi) is 5.15.